The van der Waals surface area contributed by atoms with Gasteiger partial charge in [-0.05, 0) is 67.6 Å². The number of carbonyl (C=O) groups excluding carboxylic acids is 2. The Labute approximate surface area is 199 Å². The van der Waals surface area contributed by atoms with Gasteiger partial charge in [0.2, 0.25) is 0 Å². The first-order valence-electron chi connectivity index (χ1n) is 12.0. The van der Waals surface area contributed by atoms with Crippen LogP contribution in [0.25, 0.3) is 5.76 Å². The topological polar surface area (TPSA) is 96.3 Å². The van der Waals surface area contributed by atoms with Gasteiger partial charge in [0.15, 0.2) is 11.5 Å². The second-order valence-electron chi connectivity index (χ2n) is 8.63. The third kappa shape index (κ3) is 4.47. The van der Waals surface area contributed by atoms with Crippen LogP contribution in [0.4, 0.5) is 0 Å². The zero-order chi connectivity index (χ0) is 24.2. The molecule has 1 amide bonds. The summed E-state index contributed by atoms with van der Waals surface area (Å²) in [7, 11) is 0. The van der Waals surface area contributed by atoms with Crippen molar-refractivity contribution in [2.45, 2.75) is 52.0 Å². The summed E-state index contributed by atoms with van der Waals surface area (Å²) in [4.78, 5) is 27.8. The monoisotopic (exact) mass is 465 g/mol. The second-order valence-corrected chi connectivity index (χ2v) is 8.63. The van der Waals surface area contributed by atoms with E-state index in [2.05, 4.69) is 6.92 Å². The molecule has 2 aromatic rings. The molecule has 2 aromatic carbocycles. The van der Waals surface area contributed by atoms with Gasteiger partial charge in [0.25, 0.3) is 11.7 Å². The SMILES string of the molecule is CCCCCN1C(=O)C(=O)/C(=C(/O)c2ccc3c(c2)CCCO3)C1c1ccc(O)c(OCC)c1. The number of phenolic OH excluding ortho intramolecular Hbond substituents is 1. The van der Waals surface area contributed by atoms with Crippen LogP contribution in [0.3, 0.4) is 0 Å². The number of ketones is 1. The number of hydrogen-bond donors (Lipinski definition) is 2. The minimum atomic E-state index is -0.774. The first-order valence-corrected chi connectivity index (χ1v) is 12.0. The maximum Gasteiger partial charge on any atom is 0.295 e. The number of likely N-dealkylation sites (tertiary alicyclic amines) is 1. The highest BCUT2D eigenvalue weighted by atomic mass is 16.5. The number of nitrogens with zero attached hydrogens (tertiary/aromatic N) is 1. The van der Waals surface area contributed by atoms with Gasteiger partial charge in [-0.3, -0.25) is 9.59 Å². The van der Waals surface area contributed by atoms with Crippen LogP contribution in [0, 0.1) is 0 Å². The van der Waals surface area contributed by atoms with Gasteiger partial charge in [-0.1, -0.05) is 25.8 Å². The highest BCUT2D eigenvalue weighted by Crippen LogP contribution is 2.42. The van der Waals surface area contributed by atoms with Gasteiger partial charge in [0, 0.05) is 12.1 Å². The molecule has 2 heterocycles. The number of aromatic hydroxyl groups is 1. The molecule has 1 unspecified atom stereocenters. The van der Waals surface area contributed by atoms with Gasteiger partial charge in [-0.15, -0.1) is 0 Å². The van der Waals surface area contributed by atoms with Gasteiger partial charge in [-0.2, -0.15) is 0 Å². The molecule has 4 rings (SSSR count). The predicted octanol–water partition coefficient (Wildman–Crippen LogP) is 4.73. The van der Waals surface area contributed by atoms with Crippen LogP contribution in [0.5, 0.6) is 17.2 Å². The van der Waals surface area contributed by atoms with Crippen molar-refractivity contribution in [3.05, 3.63) is 58.7 Å². The van der Waals surface area contributed by atoms with E-state index in [1.54, 1.807) is 24.3 Å². The molecule has 1 fully saturated rings. The van der Waals surface area contributed by atoms with E-state index in [4.69, 9.17) is 9.47 Å². The summed E-state index contributed by atoms with van der Waals surface area (Å²) in [5.74, 6) is -0.526. The summed E-state index contributed by atoms with van der Waals surface area (Å²) in [6.07, 6.45) is 4.33. The molecule has 1 saturated heterocycles. The van der Waals surface area contributed by atoms with Crippen molar-refractivity contribution < 1.29 is 29.3 Å². The van der Waals surface area contributed by atoms with Crippen LogP contribution in [0.1, 0.15) is 62.3 Å². The van der Waals surface area contributed by atoms with Crippen LogP contribution in [0.2, 0.25) is 0 Å². The van der Waals surface area contributed by atoms with Gasteiger partial charge in [0.1, 0.15) is 11.5 Å². The van der Waals surface area contributed by atoms with E-state index in [-0.39, 0.29) is 22.8 Å². The molecule has 7 nitrogen and oxygen atoms in total. The van der Waals surface area contributed by atoms with Crippen LogP contribution in [0.15, 0.2) is 42.0 Å². The Kier molecular flexibility index (Phi) is 7.10. The Hall–Kier alpha value is -3.48. The minimum absolute atomic E-state index is 0.0248. The lowest BCUT2D eigenvalue weighted by atomic mass is 9.93. The number of aliphatic hydroxyl groups is 1. The smallest absolute Gasteiger partial charge is 0.295 e. The number of ether oxygens (including phenoxy) is 2. The predicted molar refractivity (Wildman–Crippen MR) is 128 cm³/mol. The minimum Gasteiger partial charge on any atom is -0.507 e. The number of hydrogen-bond acceptors (Lipinski definition) is 6. The molecule has 1 atom stereocenters. The van der Waals surface area contributed by atoms with E-state index in [0.29, 0.717) is 30.9 Å². The highest BCUT2D eigenvalue weighted by Gasteiger charge is 2.46. The molecule has 0 saturated carbocycles. The van der Waals surface area contributed by atoms with Crippen molar-refractivity contribution in [3.63, 3.8) is 0 Å². The number of rotatable bonds is 8. The Morgan fingerprint density at radius 2 is 1.97 bits per heavy atom. The lowest BCUT2D eigenvalue weighted by Gasteiger charge is -2.26. The largest absolute Gasteiger partial charge is 0.507 e. The molecule has 2 N–H and O–H groups in total. The van der Waals surface area contributed by atoms with Crippen LogP contribution in [-0.2, 0) is 16.0 Å². The second kappa shape index (κ2) is 10.2. The van der Waals surface area contributed by atoms with E-state index in [9.17, 15) is 19.8 Å². The third-order valence-corrected chi connectivity index (χ3v) is 6.32. The number of benzene rings is 2. The first kappa shape index (κ1) is 23.7. The number of unbranched alkanes of at least 4 members (excludes halogenated alkanes) is 2. The average Bonchev–Trinajstić information content (AvgIpc) is 3.10. The number of aryl methyl sites for hydroxylation is 1. The molecule has 34 heavy (non-hydrogen) atoms. The number of Topliss-reactive ketones (excluding diaryl/α,β-unsaturated/α-hetero) is 1. The summed E-state index contributed by atoms with van der Waals surface area (Å²) >= 11 is 0. The van der Waals surface area contributed by atoms with Crippen molar-refractivity contribution >= 4 is 17.4 Å². The molecule has 0 aromatic heterocycles. The molecule has 0 aliphatic carbocycles. The van der Waals surface area contributed by atoms with Gasteiger partial charge >= 0.3 is 0 Å². The maximum absolute atomic E-state index is 13.2. The molecular weight excluding hydrogens is 434 g/mol. The zero-order valence-corrected chi connectivity index (χ0v) is 19.7. The normalized spacial score (nSPS) is 19.1. The van der Waals surface area contributed by atoms with Crippen LogP contribution >= 0.6 is 0 Å². The molecule has 0 radical (unpaired) electrons. The summed E-state index contributed by atoms with van der Waals surface area (Å²) in [5.41, 5.74) is 2.09. The summed E-state index contributed by atoms with van der Waals surface area (Å²) in [6.45, 7) is 5.28. The molecule has 0 spiro atoms. The lowest BCUT2D eigenvalue weighted by molar-refractivity contribution is -0.139. The fraction of sp³-hybridized carbons (Fsp3) is 0.407. The van der Waals surface area contributed by atoms with E-state index in [1.165, 1.54) is 11.0 Å². The zero-order valence-electron chi connectivity index (χ0n) is 19.7. The van der Waals surface area contributed by atoms with Crippen LogP contribution < -0.4 is 9.47 Å². The summed E-state index contributed by atoms with van der Waals surface area (Å²) in [6, 6.07) is 9.35. The fourth-order valence-corrected chi connectivity index (χ4v) is 4.62. The van der Waals surface area contributed by atoms with Gasteiger partial charge in [-0.25, -0.2) is 0 Å². The standard InChI is InChI=1S/C27H31NO6/c1-3-5-6-13-28-24(18-9-11-20(29)22(16-18)33-4-2)23(26(31)27(28)32)25(30)19-10-12-21-17(15-19)8-7-14-34-21/h9-12,15-16,24,29-30H,3-8,13-14H2,1-2H3/b25-23+. The number of fused-ring (bicyclic) bond motifs is 1. The first-order chi connectivity index (χ1) is 16.5. The quantitative estimate of drug-likeness (QED) is 0.253. The van der Waals surface area contributed by atoms with Crippen molar-refractivity contribution in [1.82, 2.24) is 4.90 Å². The average molecular weight is 466 g/mol. The maximum atomic E-state index is 13.2. The van der Waals surface area contributed by atoms with Gasteiger partial charge < -0.3 is 24.6 Å². The fourth-order valence-electron chi connectivity index (χ4n) is 4.62. The van der Waals surface area contributed by atoms with Crippen LogP contribution in [-0.4, -0.2) is 46.6 Å². The molecule has 180 valence electrons. The number of amides is 1. The summed E-state index contributed by atoms with van der Waals surface area (Å²) < 4.78 is 11.2. The highest BCUT2D eigenvalue weighted by molar-refractivity contribution is 6.46. The lowest BCUT2D eigenvalue weighted by Crippen LogP contribution is -2.30. The Morgan fingerprint density at radius 3 is 2.74 bits per heavy atom. The Morgan fingerprint density at radius 1 is 1.15 bits per heavy atom. The van der Waals surface area contributed by atoms with Crippen molar-refractivity contribution in [2.75, 3.05) is 19.8 Å². The van der Waals surface area contributed by atoms with E-state index in [1.807, 2.05) is 13.0 Å². The molecule has 0 bridgehead atoms. The summed E-state index contributed by atoms with van der Waals surface area (Å²) in [5, 5.41) is 21.5. The molecule has 2 aliphatic heterocycles. The molecular formula is C27H31NO6. The van der Waals surface area contributed by atoms with E-state index in [0.717, 1.165) is 43.4 Å². The molecule has 7 heteroatoms. The number of phenols is 1. The Bertz CT molecular complexity index is 1120. The van der Waals surface area contributed by atoms with E-state index < -0.39 is 17.7 Å². The number of aliphatic hydroxyl groups excluding tert-OH is 1. The third-order valence-electron chi connectivity index (χ3n) is 6.32. The van der Waals surface area contributed by atoms with Crippen molar-refractivity contribution in [3.8, 4) is 17.2 Å². The van der Waals surface area contributed by atoms with Gasteiger partial charge in [0.05, 0.1) is 24.8 Å². The van der Waals surface area contributed by atoms with Crippen molar-refractivity contribution in [2.24, 2.45) is 0 Å². The number of carbonyl (C=O) groups is 2. The van der Waals surface area contributed by atoms with Crippen molar-refractivity contribution in [1.29, 1.82) is 0 Å². The molecule has 2 aliphatic rings. The van der Waals surface area contributed by atoms with E-state index >= 15 is 0 Å². The Balaban J connectivity index is 1.82.